The Morgan fingerprint density at radius 3 is 2.85 bits per heavy atom. The molecule has 0 spiro atoms. The lowest BCUT2D eigenvalue weighted by Gasteiger charge is -2.08. The van der Waals surface area contributed by atoms with E-state index in [1.54, 1.807) is 19.2 Å². The van der Waals surface area contributed by atoms with Crippen LogP contribution < -0.4 is 5.73 Å². The summed E-state index contributed by atoms with van der Waals surface area (Å²) in [6.07, 6.45) is 3.08. The molecule has 1 atom stereocenters. The van der Waals surface area contributed by atoms with E-state index in [1.165, 1.54) is 10.9 Å². The first-order valence-corrected chi connectivity index (χ1v) is 3.68. The van der Waals surface area contributed by atoms with Gasteiger partial charge in [-0.1, -0.05) is 5.16 Å². The van der Waals surface area contributed by atoms with Crippen molar-refractivity contribution < 1.29 is 10.0 Å². The van der Waals surface area contributed by atoms with E-state index in [9.17, 15) is 4.79 Å². The smallest absolute Gasteiger partial charge is 0.228 e. The number of aromatic nitrogens is 2. The molecule has 6 nitrogen and oxygen atoms in total. The van der Waals surface area contributed by atoms with Gasteiger partial charge in [-0.05, 0) is 13.0 Å². The largest absolute Gasteiger partial charge is 0.409 e. The Morgan fingerprint density at radius 2 is 2.46 bits per heavy atom. The minimum absolute atomic E-state index is 0.109. The van der Waals surface area contributed by atoms with Crippen LogP contribution >= 0.6 is 0 Å². The van der Waals surface area contributed by atoms with Crippen molar-refractivity contribution in [2.24, 2.45) is 16.8 Å². The lowest BCUT2D eigenvalue weighted by Crippen LogP contribution is -2.32. The molecule has 0 aromatic carbocycles. The van der Waals surface area contributed by atoms with E-state index in [4.69, 9.17) is 10.9 Å². The minimum Gasteiger partial charge on any atom is -0.409 e. The van der Waals surface area contributed by atoms with Gasteiger partial charge < -0.3 is 10.9 Å². The summed E-state index contributed by atoms with van der Waals surface area (Å²) in [5.41, 5.74) is 5.05. The molecule has 13 heavy (non-hydrogen) atoms. The molecule has 0 radical (unpaired) electrons. The number of hydrogen-bond acceptors (Lipinski definition) is 4. The predicted molar refractivity (Wildman–Crippen MR) is 45.2 cm³/mol. The normalized spacial score (nSPS) is 14.1. The molecule has 0 aliphatic rings. The van der Waals surface area contributed by atoms with Crippen LogP contribution in [0.3, 0.4) is 0 Å². The second kappa shape index (κ2) is 3.70. The van der Waals surface area contributed by atoms with E-state index in [-0.39, 0.29) is 5.84 Å². The van der Waals surface area contributed by atoms with E-state index >= 15 is 0 Å². The van der Waals surface area contributed by atoms with Gasteiger partial charge in [0.2, 0.25) is 5.91 Å². The first-order valence-electron chi connectivity index (χ1n) is 3.68. The molecule has 0 aliphatic heterocycles. The lowest BCUT2D eigenvalue weighted by atomic mass is 10.1. The van der Waals surface area contributed by atoms with Gasteiger partial charge in [-0.15, -0.1) is 0 Å². The van der Waals surface area contributed by atoms with Crippen LogP contribution in [0.5, 0.6) is 0 Å². The molecule has 1 rings (SSSR count). The third-order valence-electron chi connectivity index (χ3n) is 1.66. The topological polar surface area (TPSA) is 93.5 Å². The summed E-state index contributed by atoms with van der Waals surface area (Å²) in [7, 11) is 0. The highest BCUT2D eigenvalue weighted by Crippen LogP contribution is 2.00. The van der Waals surface area contributed by atoms with Crippen LogP contribution in [-0.2, 0) is 4.79 Å². The molecule has 6 heteroatoms. The average Bonchev–Trinajstić information content (AvgIpc) is 2.58. The Bertz CT molecular complexity index is 317. The Balaban J connectivity index is 2.94. The van der Waals surface area contributed by atoms with E-state index in [0.717, 1.165) is 0 Å². The Morgan fingerprint density at radius 1 is 1.77 bits per heavy atom. The number of primary amides is 1. The zero-order valence-corrected chi connectivity index (χ0v) is 7.08. The van der Waals surface area contributed by atoms with Crippen molar-refractivity contribution in [1.29, 1.82) is 0 Å². The number of carbonyl (C=O) groups is 1. The third-order valence-corrected chi connectivity index (χ3v) is 1.66. The molecular weight excluding hydrogens is 172 g/mol. The van der Waals surface area contributed by atoms with E-state index in [0.29, 0.717) is 0 Å². The van der Waals surface area contributed by atoms with Crippen LogP contribution in [0.1, 0.15) is 6.92 Å². The number of amides is 1. The summed E-state index contributed by atoms with van der Waals surface area (Å²) in [6.45, 7) is 1.54. The SMILES string of the molecule is CC(C(N)=O)C(=NO)n1cccn1. The van der Waals surface area contributed by atoms with E-state index < -0.39 is 11.8 Å². The maximum Gasteiger partial charge on any atom is 0.228 e. The molecule has 0 aliphatic carbocycles. The molecule has 0 fully saturated rings. The maximum atomic E-state index is 10.8. The quantitative estimate of drug-likeness (QED) is 0.283. The van der Waals surface area contributed by atoms with Gasteiger partial charge in [0.25, 0.3) is 0 Å². The third kappa shape index (κ3) is 1.84. The van der Waals surface area contributed by atoms with Crippen LogP contribution in [0, 0.1) is 5.92 Å². The molecule has 3 N–H and O–H groups in total. The van der Waals surface area contributed by atoms with Crippen LogP contribution in [0.4, 0.5) is 0 Å². The fourth-order valence-corrected chi connectivity index (χ4v) is 0.862. The fourth-order valence-electron chi connectivity index (χ4n) is 0.862. The number of oxime groups is 1. The molecule has 0 bridgehead atoms. The zero-order chi connectivity index (χ0) is 9.84. The van der Waals surface area contributed by atoms with Gasteiger partial charge in [0.05, 0.1) is 5.92 Å². The van der Waals surface area contributed by atoms with Crippen molar-refractivity contribution in [3.63, 3.8) is 0 Å². The summed E-state index contributed by atoms with van der Waals surface area (Å²) in [5.74, 6) is -1.13. The summed E-state index contributed by atoms with van der Waals surface area (Å²) in [5, 5.41) is 15.4. The molecule has 1 aromatic rings. The minimum atomic E-state index is -0.676. The Hall–Kier alpha value is -1.85. The standard InChI is InChI=1S/C7H10N4O2/c1-5(6(8)12)7(10-13)11-4-2-3-9-11/h2-5,13H,1H3,(H2,8,12). The molecule has 1 unspecified atom stereocenters. The second-order valence-electron chi connectivity index (χ2n) is 2.53. The van der Waals surface area contributed by atoms with Gasteiger partial charge in [-0.2, -0.15) is 5.10 Å². The summed E-state index contributed by atoms with van der Waals surface area (Å²) < 4.78 is 1.29. The fraction of sp³-hybridized carbons (Fsp3) is 0.286. The highest BCUT2D eigenvalue weighted by molar-refractivity contribution is 6.02. The van der Waals surface area contributed by atoms with Crippen molar-refractivity contribution in [3.8, 4) is 0 Å². The molecule has 0 saturated carbocycles. The van der Waals surface area contributed by atoms with Crippen LogP contribution in [0.25, 0.3) is 0 Å². The second-order valence-corrected chi connectivity index (χ2v) is 2.53. The molecular formula is C7H10N4O2. The summed E-state index contributed by atoms with van der Waals surface area (Å²) in [6, 6.07) is 1.65. The van der Waals surface area contributed by atoms with Gasteiger partial charge in [0.15, 0.2) is 5.84 Å². The Kier molecular flexibility index (Phi) is 2.63. The van der Waals surface area contributed by atoms with E-state index in [2.05, 4.69) is 10.3 Å². The number of hydrogen-bond donors (Lipinski definition) is 2. The maximum absolute atomic E-state index is 10.8. The Labute approximate surface area is 74.6 Å². The molecule has 1 aromatic heterocycles. The number of nitrogens with zero attached hydrogens (tertiary/aromatic N) is 3. The molecule has 70 valence electrons. The molecule has 0 saturated heterocycles. The van der Waals surface area contributed by atoms with Gasteiger partial charge >= 0.3 is 0 Å². The van der Waals surface area contributed by atoms with Crippen LogP contribution in [0.2, 0.25) is 0 Å². The summed E-state index contributed by atoms with van der Waals surface area (Å²) >= 11 is 0. The first-order chi connectivity index (χ1) is 6.16. The molecule has 1 amide bonds. The number of rotatable bonds is 2. The van der Waals surface area contributed by atoms with Crippen molar-refractivity contribution >= 4 is 11.7 Å². The van der Waals surface area contributed by atoms with Gasteiger partial charge in [0.1, 0.15) is 0 Å². The van der Waals surface area contributed by atoms with Crippen LogP contribution in [-0.4, -0.2) is 26.7 Å². The van der Waals surface area contributed by atoms with Gasteiger partial charge in [-0.3, -0.25) is 4.79 Å². The lowest BCUT2D eigenvalue weighted by molar-refractivity contribution is -0.119. The monoisotopic (exact) mass is 182 g/mol. The number of carbonyl (C=O) groups excluding carboxylic acids is 1. The van der Waals surface area contributed by atoms with Crippen molar-refractivity contribution in [1.82, 2.24) is 9.78 Å². The van der Waals surface area contributed by atoms with Gasteiger partial charge in [0, 0.05) is 12.4 Å². The zero-order valence-electron chi connectivity index (χ0n) is 7.08. The highest BCUT2D eigenvalue weighted by Gasteiger charge is 2.18. The van der Waals surface area contributed by atoms with Crippen molar-refractivity contribution in [3.05, 3.63) is 18.5 Å². The number of nitrogens with two attached hydrogens (primary N) is 1. The first kappa shape index (κ1) is 9.24. The van der Waals surface area contributed by atoms with Crippen molar-refractivity contribution in [2.45, 2.75) is 6.92 Å². The van der Waals surface area contributed by atoms with Gasteiger partial charge in [-0.25, -0.2) is 4.68 Å². The average molecular weight is 182 g/mol. The highest BCUT2D eigenvalue weighted by atomic mass is 16.4. The predicted octanol–water partition coefficient (Wildman–Crippen LogP) is -0.360. The van der Waals surface area contributed by atoms with Crippen molar-refractivity contribution in [2.75, 3.05) is 0 Å². The van der Waals surface area contributed by atoms with E-state index in [1.807, 2.05) is 0 Å². The summed E-state index contributed by atoms with van der Waals surface area (Å²) in [4.78, 5) is 10.8. The molecule has 1 heterocycles. The van der Waals surface area contributed by atoms with Crippen LogP contribution in [0.15, 0.2) is 23.6 Å².